The van der Waals surface area contributed by atoms with Gasteiger partial charge in [0.2, 0.25) is 0 Å². The van der Waals surface area contributed by atoms with Crippen LogP contribution in [0.3, 0.4) is 0 Å². The lowest BCUT2D eigenvalue weighted by atomic mass is 9.75. The highest BCUT2D eigenvalue weighted by Crippen LogP contribution is 2.32. The highest BCUT2D eigenvalue weighted by atomic mass is 16.5. The molecule has 1 aromatic rings. The third-order valence-corrected chi connectivity index (χ3v) is 3.92. The molecule has 0 spiro atoms. The van der Waals surface area contributed by atoms with Gasteiger partial charge in [0.1, 0.15) is 5.75 Å². The third kappa shape index (κ3) is 2.72. The number of ether oxygens (including phenoxy) is 1. The average molecular weight is 247 g/mol. The summed E-state index contributed by atoms with van der Waals surface area (Å²) in [5.41, 5.74) is 6.56. The molecule has 18 heavy (non-hydrogen) atoms. The number of nitrogens with two attached hydrogens (primary N) is 1. The van der Waals surface area contributed by atoms with Gasteiger partial charge >= 0.3 is 0 Å². The molecule has 98 valence electrons. The first-order valence-electron chi connectivity index (χ1n) is 6.64. The molecule has 2 rings (SSSR count). The van der Waals surface area contributed by atoms with Gasteiger partial charge in [-0.3, -0.25) is 4.79 Å². The number of carbonyl (C=O) groups is 1. The molecule has 3 nitrogen and oxygen atoms in total. The van der Waals surface area contributed by atoms with Gasteiger partial charge < -0.3 is 10.5 Å². The van der Waals surface area contributed by atoms with E-state index in [0.717, 1.165) is 30.6 Å². The largest absolute Gasteiger partial charge is 0.497 e. The van der Waals surface area contributed by atoms with Crippen LogP contribution < -0.4 is 10.5 Å². The molecule has 0 saturated heterocycles. The summed E-state index contributed by atoms with van der Waals surface area (Å²) >= 11 is 0. The molecule has 0 aromatic heterocycles. The van der Waals surface area contributed by atoms with Crippen LogP contribution in [-0.2, 0) is 0 Å². The van der Waals surface area contributed by atoms with E-state index in [9.17, 15) is 4.79 Å². The lowest BCUT2D eigenvalue weighted by Gasteiger charge is -2.29. The summed E-state index contributed by atoms with van der Waals surface area (Å²) in [6, 6.07) is 7.38. The second-order valence-electron chi connectivity index (χ2n) is 4.98. The highest BCUT2D eigenvalue weighted by Gasteiger charge is 2.30. The Bertz CT molecular complexity index is 399. The smallest absolute Gasteiger partial charge is 0.166 e. The standard InChI is InChI=1S/C15H21NO2/c1-18-13-8-6-11(7-9-13)15(17)14-5-3-2-4-12(14)10-16/h6-9,12,14H,2-5,10,16H2,1H3. The molecular formula is C15H21NO2. The molecule has 1 aliphatic rings. The number of benzene rings is 1. The van der Waals surface area contributed by atoms with E-state index in [-0.39, 0.29) is 11.7 Å². The van der Waals surface area contributed by atoms with Crippen LogP contribution in [0.15, 0.2) is 24.3 Å². The normalized spacial score (nSPS) is 23.7. The van der Waals surface area contributed by atoms with Crippen molar-refractivity contribution in [2.24, 2.45) is 17.6 Å². The van der Waals surface area contributed by atoms with Gasteiger partial charge in [-0.05, 0) is 49.6 Å². The van der Waals surface area contributed by atoms with Crippen molar-refractivity contribution in [1.82, 2.24) is 0 Å². The van der Waals surface area contributed by atoms with Crippen molar-refractivity contribution in [3.8, 4) is 5.75 Å². The Balaban J connectivity index is 2.13. The lowest BCUT2D eigenvalue weighted by Crippen LogP contribution is -2.32. The predicted octanol–water partition coefficient (Wildman–Crippen LogP) is 2.64. The molecule has 0 amide bonds. The lowest BCUT2D eigenvalue weighted by molar-refractivity contribution is 0.0829. The number of methoxy groups -OCH3 is 1. The molecule has 2 N–H and O–H groups in total. The van der Waals surface area contributed by atoms with Crippen molar-refractivity contribution in [3.63, 3.8) is 0 Å². The van der Waals surface area contributed by atoms with Crippen LogP contribution in [0.1, 0.15) is 36.0 Å². The Morgan fingerprint density at radius 3 is 2.56 bits per heavy atom. The Morgan fingerprint density at radius 2 is 1.94 bits per heavy atom. The van der Waals surface area contributed by atoms with Crippen LogP contribution in [0.25, 0.3) is 0 Å². The molecule has 1 aromatic carbocycles. The van der Waals surface area contributed by atoms with Crippen molar-refractivity contribution in [2.45, 2.75) is 25.7 Å². The molecule has 2 atom stereocenters. The van der Waals surface area contributed by atoms with Gasteiger partial charge in [0.05, 0.1) is 7.11 Å². The summed E-state index contributed by atoms with van der Waals surface area (Å²) in [5.74, 6) is 1.49. The van der Waals surface area contributed by atoms with Gasteiger partial charge in [0.25, 0.3) is 0 Å². The van der Waals surface area contributed by atoms with Crippen molar-refractivity contribution in [3.05, 3.63) is 29.8 Å². The summed E-state index contributed by atoms with van der Waals surface area (Å²) in [4.78, 5) is 12.5. The minimum absolute atomic E-state index is 0.108. The Labute approximate surface area is 108 Å². The molecule has 2 unspecified atom stereocenters. The van der Waals surface area contributed by atoms with Crippen LogP contribution in [0, 0.1) is 11.8 Å². The topological polar surface area (TPSA) is 52.3 Å². The van der Waals surface area contributed by atoms with Crippen LogP contribution in [0.4, 0.5) is 0 Å². The molecule has 0 heterocycles. The van der Waals surface area contributed by atoms with E-state index in [4.69, 9.17) is 10.5 Å². The fraction of sp³-hybridized carbons (Fsp3) is 0.533. The van der Waals surface area contributed by atoms with E-state index in [1.165, 1.54) is 6.42 Å². The van der Waals surface area contributed by atoms with Gasteiger partial charge in [0.15, 0.2) is 5.78 Å². The third-order valence-electron chi connectivity index (χ3n) is 3.92. The zero-order valence-corrected chi connectivity index (χ0v) is 10.9. The van der Waals surface area contributed by atoms with Gasteiger partial charge in [-0.15, -0.1) is 0 Å². The van der Waals surface area contributed by atoms with Gasteiger partial charge in [-0.2, -0.15) is 0 Å². The minimum atomic E-state index is 0.108. The highest BCUT2D eigenvalue weighted by molar-refractivity contribution is 5.98. The number of hydrogen-bond donors (Lipinski definition) is 1. The van der Waals surface area contributed by atoms with Gasteiger partial charge in [0, 0.05) is 11.5 Å². The fourth-order valence-corrected chi connectivity index (χ4v) is 2.80. The maximum absolute atomic E-state index is 12.5. The van der Waals surface area contributed by atoms with E-state index in [0.29, 0.717) is 12.5 Å². The Kier molecular flexibility index (Phi) is 4.37. The number of Topliss-reactive ketones (excluding diaryl/α,β-unsaturated/α-hetero) is 1. The fourth-order valence-electron chi connectivity index (χ4n) is 2.80. The number of hydrogen-bond acceptors (Lipinski definition) is 3. The SMILES string of the molecule is COc1ccc(C(=O)C2CCCCC2CN)cc1. The summed E-state index contributed by atoms with van der Waals surface area (Å²) in [7, 11) is 1.63. The number of ketones is 1. The molecular weight excluding hydrogens is 226 g/mol. The first-order chi connectivity index (χ1) is 8.76. The summed E-state index contributed by atoms with van der Waals surface area (Å²) in [6.07, 6.45) is 4.41. The van der Waals surface area contributed by atoms with Crippen LogP contribution in [0.5, 0.6) is 5.75 Å². The maximum atomic E-state index is 12.5. The maximum Gasteiger partial charge on any atom is 0.166 e. The predicted molar refractivity (Wildman–Crippen MR) is 71.8 cm³/mol. The number of rotatable bonds is 4. The summed E-state index contributed by atoms with van der Waals surface area (Å²) < 4.78 is 5.11. The Hall–Kier alpha value is -1.35. The van der Waals surface area contributed by atoms with Crippen LogP contribution in [0.2, 0.25) is 0 Å². The molecule has 3 heteroatoms. The van der Waals surface area contributed by atoms with Crippen LogP contribution in [-0.4, -0.2) is 19.4 Å². The van der Waals surface area contributed by atoms with Crippen LogP contribution >= 0.6 is 0 Å². The average Bonchev–Trinajstić information content (AvgIpc) is 2.46. The molecule has 0 aliphatic heterocycles. The van der Waals surface area contributed by atoms with E-state index in [2.05, 4.69) is 0 Å². The van der Waals surface area contributed by atoms with Crippen molar-refractivity contribution >= 4 is 5.78 Å². The Morgan fingerprint density at radius 1 is 1.28 bits per heavy atom. The quantitative estimate of drug-likeness (QED) is 0.832. The van der Waals surface area contributed by atoms with Crippen molar-refractivity contribution in [1.29, 1.82) is 0 Å². The van der Waals surface area contributed by atoms with E-state index in [1.54, 1.807) is 7.11 Å². The van der Waals surface area contributed by atoms with E-state index >= 15 is 0 Å². The molecule has 1 aliphatic carbocycles. The first-order valence-corrected chi connectivity index (χ1v) is 6.64. The molecule has 0 bridgehead atoms. The van der Waals surface area contributed by atoms with E-state index in [1.807, 2.05) is 24.3 Å². The minimum Gasteiger partial charge on any atom is -0.497 e. The van der Waals surface area contributed by atoms with Gasteiger partial charge in [-0.1, -0.05) is 12.8 Å². The first kappa shape index (κ1) is 13.1. The molecule has 1 saturated carbocycles. The summed E-state index contributed by atoms with van der Waals surface area (Å²) in [6.45, 7) is 0.618. The number of carbonyl (C=O) groups excluding carboxylic acids is 1. The second-order valence-corrected chi connectivity index (χ2v) is 4.98. The second kappa shape index (κ2) is 6.01. The monoisotopic (exact) mass is 247 g/mol. The van der Waals surface area contributed by atoms with Crippen molar-refractivity contribution in [2.75, 3.05) is 13.7 Å². The van der Waals surface area contributed by atoms with E-state index < -0.39 is 0 Å². The van der Waals surface area contributed by atoms with Gasteiger partial charge in [-0.25, -0.2) is 0 Å². The van der Waals surface area contributed by atoms with Crippen molar-refractivity contribution < 1.29 is 9.53 Å². The zero-order chi connectivity index (χ0) is 13.0. The molecule has 1 fully saturated rings. The molecule has 0 radical (unpaired) electrons. The summed E-state index contributed by atoms with van der Waals surface area (Å²) in [5, 5.41) is 0. The zero-order valence-electron chi connectivity index (χ0n) is 10.9.